The highest BCUT2D eigenvalue weighted by Crippen LogP contribution is 2.29. The Morgan fingerprint density at radius 2 is 2.20 bits per heavy atom. The van der Waals surface area contributed by atoms with Crippen molar-refractivity contribution in [2.75, 3.05) is 20.5 Å². The van der Waals surface area contributed by atoms with Crippen molar-refractivity contribution in [1.29, 1.82) is 0 Å². The quantitative estimate of drug-likeness (QED) is 0.471. The fourth-order valence-electron chi connectivity index (χ4n) is 2.50. The van der Waals surface area contributed by atoms with Gasteiger partial charge in [0.1, 0.15) is 12.6 Å². The molecule has 3 nitrogen and oxygen atoms in total. The van der Waals surface area contributed by atoms with Crippen molar-refractivity contribution in [2.45, 2.75) is 33.2 Å². The molecule has 2 rings (SSSR count). The van der Waals surface area contributed by atoms with E-state index < -0.39 is 0 Å². The summed E-state index contributed by atoms with van der Waals surface area (Å²) in [5, 5.41) is 0. The molecule has 1 aromatic carbocycles. The molecule has 0 spiro atoms. The molecule has 0 saturated carbocycles. The number of methoxy groups -OCH3 is 1. The Morgan fingerprint density at radius 3 is 2.85 bits per heavy atom. The highest BCUT2D eigenvalue weighted by atomic mass is 19.1. The van der Waals surface area contributed by atoms with Crippen LogP contribution in [0.15, 0.2) is 18.2 Å². The Bertz CT molecular complexity index is 441. The van der Waals surface area contributed by atoms with Crippen LogP contribution in [0, 0.1) is 11.2 Å². The topological polar surface area (TPSA) is 27.7 Å². The number of halogens is 1. The fourth-order valence-corrected chi connectivity index (χ4v) is 2.50. The van der Waals surface area contributed by atoms with Gasteiger partial charge >= 0.3 is 6.92 Å². The SMILES string of the molecule is COCOCc1cc(F)ccc1B1CCC(C)(C)CO1. The zero-order valence-electron chi connectivity index (χ0n) is 12.4. The number of benzene rings is 1. The minimum Gasteiger partial charge on any atom is -0.430 e. The molecule has 1 heterocycles. The first-order valence-electron chi connectivity index (χ1n) is 6.98. The minimum atomic E-state index is -0.249. The number of hydrogen-bond acceptors (Lipinski definition) is 3. The van der Waals surface area contributed by atoms with Crippen LogP contribution in [-0.2, 0) is 20.7 Å². The maximum Gasteiger partial charge on any atom is 0.327 e. The monoisotopic (exact) mass is 280 g/mol. The van der Waals surface area contributed by atoms with E-state index in [9.17, 15) is 4.39 Å². The van der Waals surface area contributed by atoms with E-state index in [1.807, 2.05) is 6.07 Å². The van der Waals surface area contributed by atoms with Crippen molar-refractivity contribution in [3.05, 3.63) is 29.6 Å². The zero-order valence-corrected chi connectivity index (χ0v) is 12.4. The van der Waals surface area contributed by atoms with Gasteiger partial charge in [-0.25, -0.2) is 4.39 Å². The van der Waals surface area contributed by atoms with E-state index in [1.165, 1.54) is 12.1 Å². The fraction of sp³-hybridized carbons (Fsp3) is 0.600. The molecule has 110 valence electrons. The van der Waals surface area contributed by atoms with Crippen LogP contribution in [-0.4, -0.2) is 27.4 Å². The Morgan fingerprint density at radius 1 is 1.40 bits per heavy atom. The second kappa shape index (κ2) is 6.70. The highest BCUT2D eigenvalue weighted by Gasteiger charge is 2.32. The molecule has 0 amide bonds. The number of rotatable bonds is 5. The normalized spacial score (nSPS) is 18.3. The Labute approximate surface area is 120 Å². The van der Waals surface area contributed by atoms with E-state index in [2.05, 4.69) is 13.8 Å². The summed E-state index contributed by atoms with van der Waals surface area (Å²) in [5.41, 5.74) is 2.09. The summed E-state index contributed by atoms with van der Waals surface area (Å²) >= 11 is 0. The van der Waals surface area contributed by atoms with Crippen molar-refractivity contribution in [2.24, 2.45) is 5.41 Å². The third kappa shape index (κ3) is 4.04. The van der Waals surface area contributed by atoms with Crippen molar-refractivity contribution in [1.82, 2.24) is 0 Å². The van der Waals surface area contributed by atoms with Crippen LogP contribution < -0.4 is 5.46 Å². The van der Waals surface area contributed by atoms with Gasteiger partial charge < -0.3 is 14.1 Å². The zero-order chi connectivity index (χ0) is 14.6. The first kappa shape index (κ1) is 15.5. The second-order valence-corrected chi connectivity index (χ2v) is 6.10. The predicted molar refractivity (Wildman–Crippen MR) is 77.6 cm³/mol. The first-order valence-corrected chi connectivity index (χ1v) is 6.98. The van der Waals surface area contributed by atoms with E-state index in [0.29, 0.717) is 6.61 Å². The van der Waals surface area contributed by atoms with Gasteiger partial charge in [-0.3, -0.25) is 0 Å². The summed E-state index contributed by atoms with van der Waals surface area (Å²) in [5.74, 6) is -0.249. The maximum atomic E-state index is 13.4. The van der Waals surface area contributed by atoms with Crippen LogP contribution in [0.5, 0.6) is 0 Å². The van der Waals surface area contributed by atoms with Gasteiger partial charge in [-0.05, 0) is 41.3 Å². The van der Waals surface area contributed by atoms with Gasteiger partial charge in [0, 0.05) is 13.7 Å². The van der Waals surface area contributed by atoms with Gasteiger partial charge in [-0.15, -0.1) is 0 Å². The molecule has 0 radical (unpaired) electrons. The molecule has 1 aliphatic rings. The molecule has 0 atom stereocenters. The molecule has 1 saturated heterocycles. The van der Waals surface area contributed by atoms with E-state index in [-0.39, 0.29) is 24.9 Å². The molecule has 0 N–H and O–H groups in total. The maximum absolute atomic E-state index is 13.4. The molecule has 1 aromatic rings. The third-order valence-corrected chi connectivity index (χ3v) is 3.67. The lowest BCUT2D eigenvalue weighted by atomic mass is 9.52. The van der Waals surface area contributed by atoms with Crippen LogP contribution in [0.25, 0.3) is 0 Å². The average Bonchev–Trinajstić information content (AvgIpc) is 2.40. The summed E-state index contributed by atoms with van der Waals surface area (Å²) in [6.07, 6.45) is 2.06. The van der Waals surface area contributed by atoms with Crippen LogP contribution in [0.4, 0.5) is 4.39 Å². The van der Waals surface area contributed by atoms with Crippen LogP contribution in [0.2, 0.25) is 6.32 Å². The molecule has 20 heavy (non-hydrogen) atoms. The van der Waals surface area contributed by atoms with E-state index in [1.54, 1.807) is 7.11 Å². The smallest absolute Gasteiger partial charge is 0.327 e. The molecule has 5 heteroatoms. The lowest BCUT2D eigenvalue weighted by molar-refractivity contribution is -0.0389. The summed E-state index contributed by atoms with van der Waals surface area (Å²) in [6.45, 7) is 5.71. The second-order valence-electron chi connectivity index (χ2n) is 6.10. The average molecular weight is 280 g/mol. The Hall–Kier alpha value is -0.905. The Balaban J connectivity index is 2.10. The summed E-state index contributed by atoms with van der Waals surface area (Å²) in [6, 6.07) is 4.82. The van der Waals surface area contributed by atoms with Crippen LogP contribution in [0.3, 0.4) is 0 Å². The molecule has 0 aromatic heterocycles. The van der Waals surface area contributed by atoms with Crippen molar-refractivity contribution in [3.8, 4) is 0 Å². The predicted octanol–water partition coefficient (Wildman–Crippen LogP) is 2.59. The van der Waals surface area contributed by atoms with Gasteiger partial charge in [-0.1, -0.05) is 19.9 Å². The van der Waals surface area contributed by atoms with Crippen LogP contribution in [0.1, 0.15) is 25.8 Å². The largest absolute Gasteiger partial charge is 0.430 e. The first-order chi connectivity index (χ1) is 9.52. The van der Waals surface area contributed by atoms with Gasteiger partial charge in [0.15, 0.2) is 0 Å². The standard InChI is InChI=1S/C15H22BFO3/c1-15(2)6-7-16(20-10-15)14-5-4-13(17)8-12(14)9-19-11-18-3/h4-5,8H,6-7,9-11H2,1-3H3. The molecular formula is C15H22BFO3. The van der Waals surface area contributed by atoms with Crippen molar-refractivity contribution < 1.29 is 18.5 Å². The van der Waals surface area contributed by atoms with Gasteiger partial charge in [0.05, 0.1) is 6.61 Å². The van der Waals surface area contributed by atoms with Crippen molar-refractivity contribution >= 4 is 12.4 Å². The van der Waals surface area contributed by atoms with E-state index in [0.717, 1.165) is 30.4 Å². The third-order valence-electron chi connectivity index (χ3n) is 3.67. The van der Waals surface area contributed by atoms with Gasteiger partial charge in [0.25, 0.3) is 0 Å². The summed E-state index contributed by atoms with van der Waals surface area (Å²) in [4.78, 5) is 0. The van der Waals surface area contributed by atoms with E-state index >= 15 is 0 Å². The highest BCUT2D eigenvalue weighted by molar-refractivity contribution is 6.68. The lowest BCUT2D eigenvalue weighted by Gasteiger charge is -2.33. The van der Waals surface area contributed by atoms with Crippen molar-refractivity contribution in [3.63, 3.8) is 0 Å². The molecule has 0 bridgehead atoms. The lowest BCUT2D eigenvalue weighted by Crippen LogP contribution is -2.43. The van der Waals surface area contributed by atoms with Gasteiger partial charge in [-0.2, -0.15) is 0 Å². The number of hydrogen-bond donors (Lipinski definition) is 0. The molecule has 0 unspecified atom stereocenters. The van der Waals surface area contributed by atoms with E-state index in [4.69, 9.17) is 14.1 Å². The Kier molecular flexibility index (Phi) is 5.19. The molecule has 1 aliphatic heterocycles. The molecule has 1 fully saturated rings. The molecule has 0 aliphatic carbocycles. The molecular weight excluding hydrogens is 258 g/mol. The summed E-state index contributed by atoms with van der Waals surface area (Å²) in [7, 11) is 1.57. The number of ether oxygens (including phenoxy) is 2. The minimum absolute atomic E-state index is 0.0322. The summed E-state index contributed by atoms with van der Waals surface area (Å²) < 4.78 is 29.6. The van der Waals surface area contributed by atoms with Gasteiger partial charge in [0.2, 0.25) is 0 Å². The van der Waals surface area contributed by atoms with Crippen LogP contribution >= 0.6 is 0 Å².